The average Bonchev–Trinajstić information content (AvgIpc) is 3.02. The van der Waals surface area contributed by atoms with Gasteiger partial charge in [0.15, 0.2) is 11.6 Å². The predicted molar refractivity (Wildman–Crippen MR) is 64.0 cm³/mol. The van der Waals surface area contributed by atoms with Crippen molar-refractivity contribution in [2.75, 3.05) is 0 Å². The molecule has 1 aromatic carbocycles. The van der Waals surface area contributed by atoms with Gasteiger partial charge < -0.3 is 0 Å². The monoisotopic (exact) mass is 262 g/mol. The third-order valence-electron chi connectivity index (χ3n) is 3.13. The van der Waals surface area contributed by atoms with Gasteiger partial charge >= 0.3 is 0 Å². The van der Waals surface area contributed by atoms with Crippen LogP contribution in [0.15, 0.2) is 23.6 Å². The van der Waals surface area contributed by atoms with E-state index in [9.17, 15) is 8.78 Å². The zero-order valence-corrected chi connectivity index (χ0v) is 10.1. The molecule has 18 heavy (non-hydrogen) atoms. The molecule has 0 atom stereocenters. The van der Waals surface area contributed by atoms with Crippen LogP contribution in [0.1, 0.15) is 18.5 Å². The first-order valence-corrected chi connectivity index (χ1v) is 6.35. The molecule has 1 fully saturated rings. The number of nitrogens with zero attached hydrogens (tertiary/aromatic N) is 2. The second-order valence-corrected chi connectivity index (χ2v) is 5.22. The topological polar surface area (TPSA) is 36.7 Å². The van der Waals surface area contributed by atoms with Gasteiger partial charge in [0.05, 0.1) is 11.8 Å². The quantitative estimate of drug-likeness (QED) is 0.828. The number of halogens is 2. The molecule has 2 nitrogen and oxygen atoms in total. The molecule has 5 heteroatoms. The summed E-state index contributed by atoms with van der Waals surface area (Å²) in [6.07, 6.45) is 1.65. The van der Waals surface area contributed by atoms with E-state index in [0.29, 0.717) is 10.6 Å². The summed E-state index contributed by atoms with van der Waals surface area (Å²) >= 11 is 1.35. The summed E-state index contributed by atoms with van der Waals surface area (Å²) in [6, 6.07) is 5.97. The predicted octanol–water partition coefficient (Wildman–Crippen LogP) is 3.64. The van der Waals surface area contributed by atoms with E-state index in [0.717, 1.165) is 30.7 Å². The Bertz CT molecular complexity index is 653. The number of nitriles is 1. The summed E-state index contributed by atoms with van der Waals surface area (Å²) in [7, 11) is 0. The van der Waals surface area contributed by atoms with Crippen molar-refractivity contribution in [1.29, 1.82) is 5.26 Å². The molecule has 1 saturated carbocycles. The molecular formula is C13H8F2N2S. The molecule has 1 aliphatic rings. The largest absolute Gasteiger partial charge is 0.239 e. The Morgan fingerprint density at radius 3 is 2.67 bits per heavy atom. The van der Waals surface area contributed by atoms with Gasteiger partial charge in [0.25, 0.3) is 0 Å². The number of benzene rings is 1. The summed E-state index contributed by atoms with van der Waals surface area (Å²) in [5.41, 5.74) is 0.849. The van der Waals surface area contributed by atoms with Gasteiger partial charge in [-0.2, -0.15) is 5.26 Å². The molecule has 1 heterocycles. The van der Waals surface area contributed by atoms with E-state index in [1.807, 2.05) is 5.38 Å². The summed E-state index contributed by atoms with van der Waals surface area (Å²) < 4.78 is 26.0. The minimum Gasteiger partial charge on any atom is -0.239 e. The van der Waals surface area contributed by atoms with Crippen LogP contribution in [0.25, 0.3) is 10.6 Å². The number of aromatic nitrogens is 1. The van der Waals surface area contributed by atoms with Gasteiger partial charge in [0.1, 0.15) is 10.4 Å². The van der Waals surface area contributed by atoms with E-state index in [-0.39, 0.29) is 0 Å². The van der Waals surface area contributed by atoms with Crippen molar-refractivity contribution < 1.29 is 8.78 Å². The Hall–Kier alpha value is -1.80. The van der Waals surface area contributed by atoms with Crippen LogP contribution in [-0.4, -0.2) is 4.98 Å². The number of thiazole rings is 1. The summed E-state index contributed by atoms with van der Waals surface area (Å²) in [6.45, 7) is 0. The molecule has 0 unspecified atom stereocenters. The lowest BCUT2D eigenvalue weighted by Crippen LogP contribution is -2.02. The van der Waals surface area contributed by atoms with Crippen LogP contribution < -0.4 is 0 Å². The fraction of sp³-hybridized carbons (Fsp3) is 0.231. The van der Waals surface area contributed by atoms with Crippen LogP contribution in [0, 0.1) is 23.0 Å². The van der Waals surface area contributed by atoms with E-state index in [4.69, 9.17) is 5.26 Å². The smallest absolute Gasteiger partial charge is 0.159 e. The highest BCUT2D eigenvalue weighted by Gasteiger charge is 2.47. The van der Waals surface area contributed by atoms with Crippen LogP contribution in [0.2, 0.25) is 0 Å². The Morgan fingerprint density at radius 1 is 1.28 bits per heavy atom. The second kappa shape index (κ2) is 3.85. The summed E-state index contributed by atoms with van der Waals surface area (Å²) in [5, 5.41) is 11.5. The van der Waals surface area contributed by atoms with Crippen LogP contribution in [0.4, 0.5) is 8.78 Å². The fourth-order valence-corrected chi connectivity index (χ4v) is 2.72. The van der Waals surface area contributed by atoms with Gasteiger partial charge in [-0.3, -0.25) is 0 Å². The Kier molecular flexibility index (Phi) is 2.42. The number of hydrogen-bond donors (Lipinski definition) is 0. The van der Waals surface area contributed by atoms with Crippen LogP contribution in [0.5, 0.6) is 0 Å². The van der Waals surface area contributed by atoms with Gasteiger partial charge in [0.2, 0.25) is 0 Å². The molecule has 1 aliphatic carbocycles. The highest BCUT2D eigenvalue weighted by atomic mass is 32.1. The minimum atomic E-state index is -0.884. The summed E-state index contributed by atoms with van der Waals surface area (Å²) in [5.74, 6) is -1.75. The van der Waals surface area contributed by atoms with Crippen LogP contribution >= 0.6 is 11.3 Å². The Morgan fingerprint density at radius 2 is 2.06 bits per heavy atom. The van der Waals surface area contributed by atoms with E-state index in [1.54, 1.807) is 0 Å². The summed E-state index contributed by atoms with van der Waals surface area (Å²) in [4.78, 5) is 4.36. The van der Waals surface area contributed by atoms with E-state index in [2.05, 4.69) is 11.1 Å². The molecular weight excluding hydrogens is 254 g/mol. The Balaban J connectivity index is 1.98. The van der Waals surface area contributed by atoms with E-state index >= 15 is 0 Å². The van der Waals surface area contributed by atoms with E-state index in [1.165, 1.54) is 17.4 Å². The zero-order valence-electron chi connectivity index (χ0n) is 9.28. The number of rotatable bonds is 2. The van der Waals surface area contributed by atoms with Crippen molar-refractivity contribution in [2.45, 2.75) is 18.3 Å². The lowest BCUT2D eigenvalue weighted by molar-refractivity contribution is 0.509. The normalized spacial score (nSPS) is 16.3. The van der Waals surface area contributed by atoms with Gasteiger partial charge in [-0.05, 0) is 31.0 Å². The van der Waals surface area contributed by atoms with Crippen molar-refractivity contribution in [3.63, 3.8) is 0 Å². The van der Waals surface area contributed by atoms with Crippen molar-refractivity contribution in [2.24, 2.45) is 0 Å². The molecule has 0 amide bonds. The fourth-order valence-electron chi connectivity index (χ4n) is 1.81. The second-order valence-electron chi connectivity index (χ2n) is 4.36. The van der Waals surface area contributed by atoms with Gasteiger partial charge in [-0.15, -0.1) is 11.3 Å². The first kappa shape index (κ1) is 11.3. The van der Waals surface area contributed by atoms with Gasteiger partial charge in [-0.1, -0.05) is 0 Å². The SMILES string of the molecule is N#CC1(c2csc(-c3ccc(F)c(F)c3)n2)CC1. The molecule has 0 N–H and O–H groups in total. The third-order valence-corrected chi connectivity index (χ3v) is 4.02. The van der Waals surface area contributed by atoms with Gasteiger partial charge in [0, 0.05) is 10.9 Å². The molecule has 2 aromatic rings. The third kappa shape index (κ3) is 1.70. The standard InChI is InChI=1S/C13H8F2N2S/c14-9-2-1-8(5-10(9)15)12-17-11(6-18-12)13(7-16)3-4-13/h1-2,5-6H,3-4H2. The van der Waals surface area contributed by atoms with E-state index < -0.39 is 17.0 Å². The molecule has 0 spiro atoms. The minimum absolute atomic E-state index is 0.437. The van der Waals surface area contributed by atoms with Crippen molar-refractivity contribution in [3.05, 3.63) is 40.9 Å². The molecule has 1 aromatic heterocycles. The van der Waals surface area contributed by atoms with Crippen molar-refractivity contribution in [1.82, 2.24) is 4.98 Å². The molecule has 0 radical (unpaired) electrons. The first-order valence-electron chi connectivity index (χ1n) is 5.47. The van der Waals surface area contributed by atoms with Crippen LogP contribution in [-0.2, 0) is 5.41 Å². The molecule has 0 saturated heterocycles. The van der Waals surface area contributed by atoms with Gasteiger partial charge in [-0.25, -0.2) is 13.8 Å². The average molecular weight is 262 g/mol. The lowest BCUT2D eigenvalue weighted by atomic mass is 10.1. The molecule has 0 bridgehead atoms. The highest BCUT2D eigenvalue weighted by molar-refractivity contribution is 7.13. The maximum absolute atomic E-state index is 13.1. The first-order chi connectivity index (χ1) is 8.64. The maximum Gasteiger partial charge on any atom is 0.159 e. The Labute approximate surface area is 107 Å². The molecule has 90 valence electrons. The zero-order chi connectivity index (χ0) is 12.8. The lowest BCUT2D eigenvalue weighted by Gasteiger charge is -2.00. The van der Waals surface area contributed by atoms with Crippen molar-refractivity contribution in [3.8, 4) is 16.6 Å². The van der Waals surface area contributed by atoms with Crippen LogP contribution in [0.3, 0.4) is 0 Å². The molecule has 0 aliphatic heterocycles. The maximum atomic E-state index is 13.1. The number of hydrogen-bond acceptors (Lipinski definition) is 3. The molecule has 3 rings (SSSR count). The van der Waals surface area contributed by atoms with Crippen molar-refractivity contribution >= 4 is 11.3 Å². The highest BCUT2D eigenvalue weighted by Crippen LogP contribution is 2.48.